The highest BCUT2D eigenvalue weighted by atomic mass is 79.9. The van der Waals surface area contributed by atoms with E-state index < -0.39 is 0 Å². The Morgan fingerprint density at radius 1 is 1.17 bits per heavy atom. The van der Waals surface area contributed by atoms with Crippen molar-refractivity contribution in [2.45, 2.75) is 19.9 Å². The van der Waals surface area contributed by atoms with Crippen LogP contribution in [-0.2, 0) is 0 Å². The topological polar surface area (TPSA) is 12.0 Å². The second kappa shape index (κ2) is 5.53. The first-order valence-electron chi connectivity index (χ1n) is 5.85. The van der Waals surface area contributed by atoms with Crippen molar-refractivity contribution < 1.29 is 4.39 Å². The van der Waals surface area contributed by atoms with Crippen LogP contribution in [0, 0.1) is 12.7 Å². The highest BCUT2D eigenvalue weighted by Crippen LogP contribution is 2.27. The molecule has 0 saturated heterocycles. The van der Waals surface area contributed by atoms with E-state index in [9.17, 15) is 4.39 Å². The van der Waals surface area contributed by atoms with E-state index in [1.807, 2.05) is 18.2 Å². The SMILES string of the molecule is Cc1ccccc1NC(C)c1ccc(F)cc1Br. The molecule has 3 heteroatoms. The molecular weight excluding hydrogens is 293 g/mol. The maximum Gasteiger partial charge on any atom is 0.124 e. The molecule has 94 valence electrons. The summed E-state index contributed by atoms with van der Waals surface area (Å²) in [5.74, 6) is -0.228. The normalized spacial score (nSPS) is 12.2. The van der Waals surface area contributed by atoms with Crippen LogP contribution in [0.4, 0.5) is 10.1 Å². The molecule has 0 heterocycles. The lowest BCUT2D eigenvalue weighted by molar-refractivity contribution is 0.625. The first-order chi connectivity index (χ1) is 8.58. The van der Waals surface area contributed by atoms with Crippen molar-refractivity contribution in [3.8, 4) is 0 Å². The van der Waals surface area contributed by atoms with Gasteiger partial charge >= 0.3 is 0 Å². The Hall–Kier alpha value is -1.35. The maximum atomic E-state index is 13.1. The first kappa shape index (κ1) is 13.1. The second-order valence-corrected chi connectivity index (χ2v) is 5.20. The van der Waals surface area contributed by atoms with Crippen molar-refractivity contribution >= 4 is 21.6 Å². The van der Waals surface area contributed by atoms with Gasteiger partial charge in [0.1, 0.15) is 5.82 Å². The second-order valence-electron chi connectivity index (χ2n) is 4.35. The van der Waals surface area contributed by atoms with Crippen LogP contribution in [0.1, 0.15) is 24.1 Å². The molecule has 1 atom stereocenters. The number of para-hydroxylation sites is 1. The quantitative estimate of drug-likeness (QED) is 0.834. The molecule has 18 heavy (non-hydrogen) atoms. The van der Waals surface area contributed by atoms with Crippen LogP contribution in [0.25, 0.3) is 0 Å². The number of halogens is 2. The van der Waals surface area contributed by atoms with Crippen LogP contribution in [-0.4, -0.2) is 0 Å². The summed E-state index contributed by atoms with van der Waals surface area (Å²) < 4.78 is 13.8. The van der Waals surface area contributed by atoms with Crippen LogP contribution in [0.3, 0.4) is 0 Å². The number of rotatable bonds is 3. The summed E-state index contributed by atoms with van der Waals surface area (Å²) in [6, 6.07) is 13.0. The number of hydrogen-bond donors (Lipinski definition) is 1. The van der Waals surface area contributed by atoms with Gasteiger partial charge < -0.3 is 5.32 Å². The van der Waals surface area contributed by atoms with Gasteiger partial charge in [0.15, 0.2) is 0 Å². The molecule has 0 aliphatic rings. The van der Waals surface area contributed by atoms with Crippen LogP contribution in [0.5, 0.6) is 0 Å². The van der Waals surface area contributed by atoms with Crippen molar-refractivity contribution in [1.82, 2.24) is 0 Å². The van der Waals surface area contributed by atoms with Crippen LogP contribution in [0.15, 0.2) is 46.9 Å². The highest BCUT2D eigenvalue weighted by molar-refractivity contribution is 9.10. The van der Waals surface area contributed by atoms with E-state index in [0.717, 1.165) is 15.7 Å². The summed E-state index contributed by atoms with van der Waals surface area (Å²) in [5.41, 5.74) is 3.34. The summed E-state index contributed by atoms with van der Waals surface area (Å²) in [6.07, 6.45) is 0. The van der Waals surface area contributed by atoms with Gasteiger partial charge in [0.05, 0.1) is 0 Å². The smallest absolute Gasteiger partial charge is 0.124 e. The number of benzene rings is 2. The Bertz CT molecular complexity index is 554. The molecule has 0 aromatic heterocycles. The van der Waals surface area contributed by atoms with Gasteiger partial charge in [-0.05, 0) is 43.2 Å². The van der Waals surface area contributed by atoms with E-state index in [-0.39, 0.29) is 11.9 Å². The standard InChI is InChI=1S/C15H15BrFN/c1-10-5-3-4-6-15(10)18-11(2)13-8-7-12(17)9-14(13)16/h3-9,11,18H,1-2H3. The molecule has 0 aliphatic carbocycles. The molecule has 1 nitrogen and oxygen atoms in total. The molecule has 0 bridgehead atoms. The van der Waals surface area contributed by atoms with Gasteiger partial charge in [-0.15, -0.1) is 0 Å². The summed E-state index contributed by atoms with van der Waals surface area (Å²) in [4.78, 5) is 0. The predicted molar refractivity (Wildman–Crippen MR) is 77.3 cm³/mol. The van der Waals surface area contributed by atoms with Gasteiger partial charge in [0, 0.05) is 16.2 Å². The average Bonchev–Trinajstić information content (AvgIpc) is 2.32. The van der Waals surface area contributed by atoms with Crippen molar-refractivity contribution in [1.29, 1.82) is 0 Å². The highest BCUT2D eigenvalue weighted by Gasteiger charge is 2.10. The van der Waals surface area contributed by atoms with Gasteiger partial charge in [-0.25, -0.2) is 4.39 Å². The minimum atomic E-state index is -0.228. The third kappa shape index (κ3) is 2.91. The molecule has 0 fully saturated rings. The zero-order valence-electron chi connectivity index (χ0n) is 10.4. The van der Waals surface area contributed by atoms with Gasteiger partial charge in [-0.2, -0.15) is 0 Å². The Labute approximate surface area is 115 Å². The van der Waals surface area contributed by atoms with Crippen LogP contribution >= 0.6 is 15.9 Å². The predicted octanol–water partition coefficient (Wildman–Crippen LogP) is 5.07. The van der Waals surface area contributed by atoms with E-state index in [1.54, 1.807) is 6.07 Å². The molecule has 0 radical (unpaired) electrons. The third-order valence-corrected chi connectivity index (χ3v) is 3.63. The fourth-order valence-corrected chi connectivity index (χ4v) is 2.59. The molecule has 0 aliphatic heterocycles. The summed E-state index contributed by atoms with van der Waals surface area (Å²) in [7, 11) is 0. The van der Waals surface area contributed by atoms with Gasteiger partial charge in [0.2, 0.25) is 0 Å². The number of nitrogens with one attached hydrogen (secondary N) is 1. The maximum absolute atomic E-state index is 13.1. The summed E-state index contributed by atoms with van der Waals surface area (Å²) in [6.45, 7) is 4.12. The Morgan fingerprint density at radius 2 is 1.89 bits per heavy atom. The Kier molecular flexibility index (Phi) is 4.02. The molecule has 2 aromatic rings. The molecule has 2 rings (SSSR count). The van der Waals surface area contributed by atoms with Gasteiger partial charge in [0.25, 0.3) is 0 Å². The molecule has 2 aromatic carbocycles. The van der Waals surface area contributed by atoms with Crippen molar-refractivity contribution in [3.63, 3.8) is 0 Å². The molecule has 0 spiro atoms. The third-order valence-electron chi connectivity index (χ3n) is 2.95. The lowest BCUT2D eigenvalue weighted by Crippen LogP contribution is -2.08. The average molecular weight is 308 g/mol. The van der Waals surface area contributed by atoms with E-state index in [4.69, 9.17) is 0 Å². The lowest BCUT2D eigenvalue weighted by Gasteiger charge is -2.18. The monoisotopic (exact) mass is 307 g/mol. The minimum absolute atomic E-state index is 0.112. The van der Waals surface area contributed by atoms with Crippen LogP contribution < -0.4 is 5.32 Å². The fraction of sp³-hybridized carbons (Fsp3) is 0.200. The van der Waals surface area contributed by atoms with E-state index >= 15 is 0 Å². The Morgan fingerprint density at radius 3 is 2.56 bits per heavy atom. The largest absolute Gasteiger partial charge is 0.378 e. The van der Waals surface area contributed by atoms with Gasteiger partial charge in [-0.1, -0.05) is 40.2 Å². The zero-order chi connectivity index (χ0) is 13.1. The lowest BCUT2D eigenvalue weighted by atomic mass is 10.1. The van der Waals surface area contributed by atoms with Crippen molar-refractivity contribution in [2.24, 2.45) is 0 Å². The molecule has 0 amide bonds. The van der Waals surface area contributed by atoms with Gasteiger partial charge in [-0.3, -0.25) is 0 Å². The molecular formula is C15H15BrFN. The number of aryl methyl sites for hydroxylation is 1. The number of hydrogen-bond acceptors (Lipinski definition) is 1. The van der Waals surface area contributed by atoms with E-state index in [1.165, 1.54) is 17.7 Å². The van der Waals surface area contributed by atoms with Crippen molar-refractivity contribution in [3.05, 3.63) is 63.9 Å². The summed E-state index contributed by atoms with van der Waals surface area (Å²) >= 11 is 3.40. The fourth-order valence-electron chi connectivity index (χ4n) is 1.90. The zero-order valence-corrected chi connectivity index (χ0v) is 12.0. The molecule has 1 unspecified atom stereocenters. The van der Waals surface area contributed by atoms with E-state index in [0.29, 0.717) is 0 Å². The Balaban J connectivity index is 2.22. The summed E-state index contributed by atoms with van der Waals surface area (Å²) in [5, 5.41) is 3.43. The molecule has 0 saturated carbocycles. The minimum Gasteiger partial charge on any atom is -0.378 e. The van der Waals surface area contributed by atoms with Crippen molar-refractivity contribution in [2.75, 3.05) is 5.32 Å². The molecule has 1 N–H and O–H groups in total. The van der Waals surface area contributed by atoms with E-state index in [2.05, 4.69) is 41.2 Å². The first-order valence-corrected chi connectivity index (χ1v) is 6.64. The number of anilines is 1. The van der Waals surface area contributed by atoms with Crippen LogP contribution in [0.2, 0.25) is 0 Å².